The first-order valence-electron chi connectivity index (χ1n) is 6.21. The average Bonchev–Trinajstić information content (AvgIpc) is 2.38. The van der Waals surface area contributed by atoms with Gasteiger partial charge in [0, 0.05) is 6.42 Å². The Morgan fingerprint density at radius 3 is 2.16 bits per heavy atom. The van der Waals surface area contributed by atoms with Crippen molar-refractivity contribution in [3.8, 4) is 12.3 Å². The Kier molecular flexibility index (Phi) is 8.08. The summed E-state index contributed by atoms with van der Waals surface area (Å²) in [6.45, 7) is 7.15. The highest BCUT2D eigenvalue weighted by Crippen LogP contribution is 2.32. The molecule has 0 spiro atoms. The zero-order valence-corrected chi connectivity index (χ0v) is 11.5. The van der Waals surface area contributed by atoms with Crippen LogP contribution < -0.4 is 0 Å². The molecule has 0 amide bonds. The van der Waals surface area contributed by atoms with Crippen molar-refractivity contribution in [1.82, 2.24) is 0 Å². The van der Waals surface area contributed by atoms with Gasteiger partial charge in [-0.25, -0.2) is 0 Å². The molecule has 19 heavy (non-hydrogen) atoms. The molecule has 0 aliphatic heterocycles. The lowest BCUT2D eigenvalue weighted by Gasteiger charge is -2.26. The minimum Gasteiger partial charge on any atom is -0.465 e. The highest BCUT2D eigenvalue weighted by atomic mass is 16.6. The normalized spacial score (nSPS) is 9.95. The maximum Gasteiger partial charge on any atom is 0.324 e. The molecule has 0 saturated heterocycles. The maximum atomic E-state index is 12.1. The van der Waals surface area contributed by atoms with Gasteiger partial charge in [0.1, 0.15) is 0 Å². The summed E-state index contributed by atoms with van der Waals surface area (Å²) >= 11 is 0. The summed E-state index contributed by atoms with van der Waals surface area (Å²) in [6, 6.07) is 0. The molecule has 0 aromatic rings. The second-order valence-corrected chi connectivity index (χ2v) is 3.85. The van der Waals surface area contributed by atoms with E-state index in [2.05, 4.69) is 18.2 Å². The van der Waals surface area contributed by atoms with Crippen LogP contribution in [0.1, 0.15) is 33.1 Å². The van der Waals surface area contributed by atoms with Gasteiger partial charge in [-0.15, -0.1) is 18.1 Å². The van der Waals surface area contributed by atoms with E-state index in [0.29, 0.717) is 6.42 Å². The Hall–Kier alpha value is -1.98. The van der Waals surface area contributed by atoms with Crippen molar-refractivity contribution in [2.75, 3.05) is 13.2 Å². The van der Waals surface area contributed by atoms with Crippen LogP contribution in [0.25, 0.3) is 0 Å². The second kappa shape index (κ2) is 9.02. The van der Waals surface area contributed by atoms with Gasteiger partial charge in [-0.1, -0.05) is 6.58 Å². The Bertz CT molecular complexity index is 379. The van der Waals surface area contributed by atoms with Gasteiger partial charge >= 0.3 is 11.9 Å². The standard InChI is InChI=1S/C15H20O4/c1-5-9-10-12-15(11-6-2,13(16)18-7-3)14(17)19-8-4/h2,9H,1,7-8,10-12H2,3-4H3. The molecule has 0 atom stereocenters. The van der Waals surface area contributed by atoms with Gasteiger partial charge in [-0.05, 0) is 32.8 Å². The van der Waals surface area contributed by atoms with E-state index in [4.69, 9.17) is 15.9 Å². The minimum atomic E-state index is -1.44. The van der Waals surface area contributed by atoms with Gasteiger partial charge in [0.25, 0.3) is 0 Å². The minimum absolute atomic E-state index is 0.0460. The van der Waals surface area contributed by atoms with E-state index in [1.807, 2.05) is 0 Å². The topological polar surface area (TPSA) is 52.6 Å². The fraction of sp³-hybridized carbons (Fsp3) is 0.533. The average molecular weight is 264 g/mol. The molecule has 0 aliphatic carbocycles. The van der Waals surface area contributed by atoms with Crippen LogP contribution in [0.3, 0.4) is 0 Å². The number of hydrogen-bond donors (Lipinski definition) is 0. The molecule has 0 rings (SSSR count). The van der Waals surface area contributed by atoms with Crippen LogP contribution in [0, 0.1) is 17.8 Å². The molecule has 0 saturated carbocycles. The fourth-order valence-electron chi connectivity index (χ4n) is 1.65. The van der Waals surface area contributed by atoms with E-state index >= 15 is 0 Å². The lowest BCUT2D eigenvalue weighted by atomic mass is 9.80. The summed E-state index contributed by atoms with van der Waals surface area (Å²) in [5, 5.41) is 0. The highest BCUT2D eigenvalue weighted by molar-refractivity contribution is 6.00. The van der Waals surface area contributed by atoms with Crippen molar-refractivity contribution in [3.05, 3.63) is 18.4 Å². The summed E-state index contributed by atoms with van der Waals surface area (Å²) in [5.41, 5.74) is 1.16. The van der Waals surface area contributed by atoms with E-state index in [9.17, 15) is 9.59 Å². The molecule has 0 aromatic heterocycles. The predicted molar refractivity (Wildman–Crippen MR) is 72.1 cm³/mol. The Morgan fingerprint density at radius 1 is 1.26 bits per heavy atom. The fourth-order valence-corrected chi connectivity index (χ4v) is 1.65. The van der Waals surface area contributed by atoms with Crippen LogP contribution >= 0.6 is 0 Å². The van der Waals surface area contributed by atoms with E-state index in [1.165, 1.54) is 0 Å². The number of esters is 2. The summed E-state index contributed by atoms with van der Waals surface area (Å²) in [6.07, 6.45) is 7.55. The molecular weight excluding hydrogens is 244 g/mol. The van der Waals surface area contributed by atoms with E-state index in [1.54, 1.807) is 19.9 Å². The first-order chi connectivity index (χ1) is 9.08. The molecule has 4 heteroatoms. The van der Waals surface area contributed by atoms with E-state index < -0.39 is 17.4 Å². The van der Waals surface area contributed by atoms with Gasteiger partial charge in [0.15, 0.2) is 5.41 Å². The second-order valence-electron chi connectivity index (χ2n) is 3.85. The SMILES string of the molecule is C#CCC(CCC=C=C)(C(=O)OCC)C(=O)OCC. The van der Waals surface area contributed by atoms with Crippen molar-refractivity contribution < 1.29 is 19.1 Å². The number of ether oxygens (including phenoxy) is 2. The Labute approximate surface area is 114 Å². The van der Waals surface area contributed by atoms with Crippen LogP contribution in [0.5, 0.6) is 0 Å². The van der Waals surface area contributed by atoms with Crippen LogP contribution in [0.15, 0.2) is 18.4 Å². The lowest BCUT2D eigenvalue weighted by molar-refractivity contribution is -0.172. The van der Waals surface area contributed by atoms with Crippen molar-refractivity contribution in [1.29, 1.82) is 0 Å². The van der Waals surface area contributed by atoms with Gasteiger partial charge in [-0.3, -0.25) is 9.59 Å². The quantitative estimate of drug-likeness (QED) is 0.292. The van der Waals surface area contributed by atoms with Crippen LogP contribution in [-0.4, -0.2) is 25.2 Å². The van der Waals surface area contributed by atoms with Gasteiger partial charge in [0.2, 0.25) is 0 Å². The smallest absolute Gasteiger partial charge is 0.324 e. The number of carbonyl (C=O) groups is 2. The van der Waals surface area contributed by atoms with Crippen molar-refractivity contribution >= 4 is 11.9 Å². The number of carbonyl (C=O) groups excluding carboxylic acids is 2. The van der Waals surface area contributed by atoms with Crippen LogP contribution in [0.4, 0.5) is 0 Å². The van der Waals surface area contributed by atoms with Crippen LogP contribution in [0.2, 0.25) is 0 Å². The van der Waals surface area contributed by atoms with E-state index in [0.717, 1.165) is 0 Å². The van der Waals surface area contributed by atoms with E-state index in [-0.39, 0.29) is 26.1 Å². The first-order valence-corrected chi connectivity index (χ1v) is 6.21. The van der Waals surface area contributed by atoms with Crippen molar-refractivity contribution in [2.24, 2.45) is 5.41 Å². The molecule has 4 nitrogen and oxygen atoms in total. The molecule has 0 unspecified atom stereocenters. The molecule has 0 radical (unpaired) electrons. The van der Waals surface area contributed by atoms with Crippen molar-refractivity contribution in [3.63, 3.8) is 0 Å². The van der Waals surface area contributed by atoms with Gasteiger partial charge < -0.3 is 9.47 Å². The molecule has 104 valence electrons. The first kappa shape index (κ1) is 17.0. The molecule has 0 fully saturated rings. The largest absolute Gasteiger partial charge is 0.465 e. The van der Waals surface area contributed by atoms with Gasteiger partial charge in [0.05, 0.1) is 13.2 Å². The third-order valence-corrected chi connectivity index (χ3v) is 2.60. The number of hydrogen-bond acceptors (Lipinski definition) is 4. The zero-order chi connectivity index (χ0) is 14.7. The van der Waals surface area contributed by atoms with Crippen molar-refractivity contribution in [2.45, 2.75) is 33.1 Å². The summed E-state index contributed by atoms with van der Waals surface area (Å²) in [4.78, 5) is 24.2. The molecule has 0 N–H and O–H groups in total. The van der Waals surface area contributed by atoms with Crippen LogP contribution in [-0.2, 0) is 19.1 Å². The molecule has 0 aromatic carbocycles. The summed E-state index contributed by atoms with van der Waals surface area (Å²) in [5.74, 6) is 1.09. The zero-order valence-electron chi connectivity index (χ0n) is 11.5. The lowest BCUT2D eigenvalue weighted by Crippen LogP contribution is -2.42. The Morgan fingerprint density at radius 2 is 1.79 bits per heavy atom. The predicted octanol–water partition coefficient (Wildman–Crippen LogP) is 2.24. The summed E-state index contributed by atoms with van der Waals surface area (Å²) in [7, 11) is 0. The number of allylic oxidation sites excluding steroid dienone is 1. The third-order valence-electron chi connectivity index (χ3n) is 2.60. The monoisotopic (exact) mass is 264 g/mol. The molecule has 0 heterocycles. The molecular formula is C15H20O4. The maximum absolute atomic E-state index is 12.1. The molecule has 0 aliphatic rings. The van der Waals surface area contributed by atoms with Gasteiger partial charge in [-0.2, -0.15) is 0 Å². The highest BCUT2D eigenvalue weighted by Gasteiger charge is 2.47. The molecule has 0 bridgehead atoms. The number of terminal acetylenes is 1. The summed E-state index contributed by atoms with van der Waals surface area (Å²) < 4.78 is 9.95. The Balaban J connectivity index is 5.32. The third kappa shape index (κ3) is 4.65. The number of rotatable bonds is 8.